The second-order valence-corrected chi connectivity index (χ2v) is 5.09. The molecule has 1 N–H and O–H groups in total. The van der Waals surface area contributed by atoms with Gasteiger partial charge in [0, 0.05) is 24.2 Å². The highest BCUT2D eigenvalue weighted by Gasteiger charge is 2.19. The minimum absolute atomic E-state index is 0.350. The Hall–Kier alpha value is -1.75. The third-order valence-corrected chi connectivity index (χ3v) is 3.58. The first-order valence-electron chi connectivity index (χ1n) is 6.28. The fourth-order valence-corrected chi connectivity index (χ4v) is 2.46. The van der Waals surface area contributed by atoms with Crippen molar-refractivity contribution in [3.63, 3.8) is 0 Å². The molecule has 0 unspecified atom stereocenters. The minimum Gasteiger partial charge on any atom is -0.381 e. The van der Waals surface area contributed by atoms with Gasteiger partial charge in [-0.3, -0.25) is 4.90 Å². The summed E-state index contributed by atoms with van der Waals surface area (Å²) < 4.78 is 0. The van der Waals surface area contributed by atoms with Gasteiger partial charge in [-0.2, -0.15) is 10.5 Å². The van der Waals surface area contributed by atoms with Crippen LogP contribution in [0.5, 0.6) is 0 Å². The van der Waals surface area contributed by atoms with Gasteiger partial charge in [-0.25, -0.2) is 0 Å². The molecule has 0 bridgehead atoms. The number of piperidine rings is 1. The lowest BCUT2D eigenvalue weighted by Gasteiger charge is -2.31. The molecule has 0 aliphatic carbocycles. The van der Waals surface area contributed by atoms with E-state index in [1.807, 2.05) is 6.07 Å². The van der Waals surface area contributed by atoms with Crippen LogP contribution in [0.25, 0.3) is 0 Å². The van der Waals surface area contributed by atoms with Crippen LogP contribution in [0.15, 0.2) is 18.2 Å². The van der Waals surface area contributed by atoms with E-state index in [4.69, 9.17) is 22.1 Å². The van der Waals surface area contributed by atoms with Crippen LogP contribution in [0.4, 0.5) is 5.69 Å². The molecule has 4 nitrogen and oxygen atoms in total. The third kappa shape index (κ3) is 3.61. The van der Waals surface area contributed by atoms with Gasteiger partial charge in [0.2, 0.25) is 0 Å². The molecule has 5 heteroatoms. The molecule has 0 saturated carbocycles. The van der Waals surface area contributed by atoms with Gasteiger partial charge < -0.3 is 5.32 Å². The van der Waals surface area contributed by atoms with Gasteiger partial charge in [-0.05, 0) is 31.0 Å². The molecule has 1 aromatic carbocycles. The van der Waals surface area contributed by atoms with Crippen molar-refractivity contribution in [2.45, 2.75) is 18.9 Å². The Balaban J connectivity index is 1.96. The molecular weight excluding hydrogens is 260 g/mol. The molecule has 1 fully saturated rings. The normalized spacial score (nSPS) is 16.6. The Labute approximate surface area is 118 Å². The number of likely N-dealkylation sites (tertiary alicyclic amines) is 1. The Morgan fingerprint density at radius 3 is 2.68 bits per heavy atom. The molecule has 98 valence electrons. The van der Waals surface area contributed by atoms with E-state index in [0.29, 0.717) is 23.2 Å². The monoisotopic (exact) mass is 274 g/mol. The summed E-state index contributed by atoms with van der Waals surface area (Å²) in [5.41, 5.74) is 1.41. The smallest absolute Gasteiger partial charge is 0.101 e. The van der Waals surface area contributed by atoms with Crippen molar-refractivity contribution < 1.29 is 0 Å². The Morgan fingerprint density at radius 2 is 2.05 bits per heavy atom. The predicted molar refractivity (Wildman–Crippen MR) is 74.9 cm³/mol. The van der Waals surface area contributed by atoms with Crippen LogP contribution >= 0.6 is 11.6 Å². The number of rotatable bonds is 3. The molecule has 1 saturated heterocycles. The maximum atomic E-state index is 9.09. The van der Waals surface area contributed by atoms with Crippen molar-refractivity contribution in [2.75, 3.05) is 25.0 Å². The van der Waals surface area contributed by atoms with Gasteiger partial charge in [-0.1, -0.05) is 11.6 Å². The van der Waals surface area contributed by atoms with E-state index in [1.54, 1.807) is 12.1 Å². The first-order valence-corrected chi connectivity index (χ1v) is 6.66. The van der Waals surface area contributed by atoms with Gasteiger partial charge >= 0.3 is 0 Å². The Morgan fingerprint density at radius 1 is 1.32 bits per heavy atom. The van der Waals surface area contributed by atoms with E-state index in [2.05, 4.69) is 22.4 Å². The summed E-state index contributed by atoms with van der Waals surface area (Å²) in [5, 5.41) is 21.7. The van der Waals surface area contributed by atoms with E-state index >= 15 is 0 Å². The number of hydrogen-bond donors (Lipinski definition) is 1. The average Bonchev–Trinajstić information content (AvgIpc) is 2.43. The molecule has 0 aromatic heterocycles. The predicted octanol–water partition coefficient (Wildman–Crippen LogP) is 2.61. The number of halogens is 1. The summed E-state index contributed by atoms with van der Waals surface area (Å²) in [6.07, 6.45) is 1.96. The summed E-state index contributed by atoms with van der Waals surface area (Å²) in [6, 6.07) is 9.99. The minimum atomic E-state index is 0.350. The molecule has 0 amide bonds. The zero-order chi connectivity index (χ0) is 13.7. The molecular formula is C14H15ClN4. The van der Waals surface area contributed by atoms with Crippen LogP contribution in [-0.4, -0.2) is 30.6 Å². The van der Waals surface area contributed by atoms with Crippen LogP contribution in [0.2, 0.25) is 5.02 Å². The van der Waals surface area contributed by atoms with Crippen molar-refractivity contribution in [3.8, 4) is 12.1 Å². The first-order chi connectivity index (χ1) is 9.22. The van der Waals surface area contributed by atoms with Crippen molar-refractivity contribution in [3.05, 3.63) is 28.8 Å². The summed E-state index contributed by atoms with van der Waals surface area (Å²) in [5.74, 6) is 0. The molecule has 0 radical (unpaired) electrons. The fraction of sp³-hybridized carbons (Fsp3) is 0.429. The molecule has 19 heavy (non-hydrogen) atoms. The molecule has 1 heterocycles. The van der Waals surface area contributed by atoms with E-state index in [-0.39, 0.29) is 0 Å². The summed E-state index contributed by atoms with van der Waals surface area (Å²) in [7, 11) is 0. The first kappa shape index (κ1) is 13.7. The van der Waals surface area contributed by atoms with Crippen LogP contribution in [0.1, 0.15) is 18.4 Å². The summed E-state index contributed by atoms with van der Waals surface area (Å²) >= 11 is 5.88. The zero-order valence-electron chi connectivity index (χ0n) is 10.6. The maximum Gasteiger partial charge on any atom is 0.101 e. The van der Waals surface area contributed by atoms with Gasteiger partial charge in [0.05, 0.1) is 23.9 Å². The molecule has 2 rings (SSSR count). The van der Waals surface area contributed by atoms with Crippen LogP contribution < -0.4 is 5.32 Å². The SMILES string of the molecule is N#CCN1CCC(Nc2ccc(Cl)cc2C#N)CC1. The number of nitriles is 2. The number of anilines is 1. The number of nitrogens with one attached hydrogen (secondary N) is 1. The molecule has 0 atom stereocenters. The number of nitrogens with zero attached hydrogens (tertiary/aromatic N) is 3. The lowest BCUT2D eigenvalue weighted by molar-refractivity contribution is 0.242. The maximum absolute atomic E-state index is 9.09. The van der Waals surface area contributed by atoms with Crippen LogP contribution in [-0.2, 0) is 0 Å². The van der Waals surface area contributed by atoms with Gasteiger partial charge in [-0.15, -0.1) is 0 Å². The fourth-order valence-electron chi connectivity index (χ4n) is 2.29. The highest BCUT2D eigenvalue weighted by Crippen LogP contribution is 2.23. The second-order valence-electron chi connectivity index (χ2n) is 4.65. The van der Waals surface area contributed by atoms with Crippen LogP contribution in [0.3, 0.4) is 0 Å². The Kier molecular flexibility index (Phi) is 4.63. The van der Waals surface area contributed by atoms with Gasteiger partial charge in [0.1, 0.15) is 6.07 Å². The second kappa shape index (κ2) is 6.43. The summed E-state index contributed by atoms with van der Waals surface area (Å²) in [6.45, 7) is 2.33. The summed E-state index contributed by atoms with van der Waals surface area (Å²) in [4.78, 5) is 2.14. The van der Waals surface area contributed by atoms with Crippen molar-refractivity contribution in [1.29, 1.82) is 10.5 Å². The lowest BCUT2D eigenvalue weighted by atomic mass is 10.0. The van der Waals surface area contributed by atoms with Gasteiger partial charge in [0.15, 0.2) is 0 Å². The standard InChI is InChI=1S/C14H15ClN4/c15-12-1-2-14(11(9-12)10-17)18-13-3-6-19(7-4-13)8-5-16/h1-2,9,13,18H,3-4,6-8H2. The quantitative estimate of drug-likeness (QED) is 0.861. The highest BCUT2D eigenvalue weighted by molar-refractivity contribution is 6.30. The molecule has 1 aliphatic heterocycles. The molecule has 1 aromatic rings. The van der Waals surface area contributed by atoms with Crippen molar-refractivity contribution >= 4 is 17.3 Å². The lowest BCUT2D eigenvalue weighted by Crippen LogP contribution is -2.39. The van der Waals surface area contributed by atoms with E-state index in [0.717, 1.165) is 31.6 Å². The highest BCUT2D eigenvalue weighted by atomic mass is 35.5. The molecule has 1 aliphatic rings. The van der Waals surface area contributed by atoms with Gasteiger partial charge in [0.25, 0.3) is 0 Å². The topological polar surface area (TPSA) is 62.9 Å². The Bertz CT molecular complexity index is 521. The van der Waals surface area contributed by atoms with Crippen molar-refractivity contribution in [1.82, 2.24) is 4.90 Å². The third-order valence-electron chi connectivity index (χ3n) is 3.34. The largest absolute Gasteiger partial charge is 0.381 e. The van der Waals surface area contributed by atoms with E-state index < -0.39 is 0 Å². The zero-order valence-corrected chi connectivity index (χ0v) is 11.3. The average molecular weight is 275 g/mol. The van der Waals surface area contributed by atoms with Crippen molar-refractivity contribution in [2.24, 2.45) is 0 Å². The van der Waals surface area contributed by atoms with E-state index in [1.165, 1.54) is 0 Å². The number of hydrogen-bond acceptors (Lipinski definition) is 4. The van der Waals surface area contributed by atoms with E-state index in [9.17, 15) is 0 Å². The molecule has 0 spiro atoms. The van der Waals surface area contributed by atoms with Crippen LogP contribution in [0, 0.1) is 22.7 Å². The number of benzene rings is 1.